The zero-order valence-corrected chi connectivity index (χ0v) is 13.1. The van der Waals surface area contributed by atoms with Crippen molar-refractivity contribution >= 4 is 21.6 Å². The number of benzene rings is 1. The summed E-state index contributed by atoms with van der Waals surface area (Å²) in [4.78, 5) is 11.2. The van der Waals surface area contributed by atoms with Gasteiger partial charge in [-0.25, -0.2) is 8.42 Å². The Morgan fingerprint density at radius 1 is 1.24 bits per heavy atom. The molecule has 0 atom stereocenters. The first-order valence-electron chi connectivity index (χ1n) is 6.97. The molecule has 1 amide bonds. The predicted octanol–water partition coefficient (Wildman–Crippen LogP) is 1.02. The number of amides is 1. The van der Waals surface area contributed by atoms with Crippen molar-refractivity contribution in [3.63, 3.8) is 0 Å². The molecule has 0 aliphatic carbocycles. The first kappa shape index (κ1) is 15.9. The van der Waals surface area contributed by atoms with E-state index in [0.717, 1.165) is 25.9 Å². The molecule has 0 bridgehead atoms. The molecular formula is C14H21N3O3S. The fourth-order valence-electron chi connectivity index (χ4n) is 2.45. The Bertz CT molecular complexity index is 592. The molecule has 0 aromatic heterocycles. The lowest BCUT2D eigenvalue weighted by Crippen LogP contribution is -2.43. The third-order valence-electron chi connectivity index (χ3n) is 3.67. The number of hydrogen-bond acceptors (Lipinski definition) is 4. The zero-order valence-electron chi connectivity index (χ0n) is 12.3. The number of carbonyl (C=O) groups is 1. The van der Waals surface area contributed by atoms with E-state index in [-0.39, 0.29) is 16.8 Å². The zero-order chi connectivity index (χ0) is 15.5. The van der Waals surface area contributed by atoms with E-state index in [1.165, 1.54) is 23.4 Å². The monoisotopic (exact) mass is 311 g/mol. The minimum absolute atomic E-state index is 0.0336. The van der Waals surface area contributed by atoms with Crippen molar-refractivity contribution in [2.75, 3.05) is 25.5 Å². The molecule has 1 aromatic rings. The van der Waals surface area contributed by atoms with Gasteiger partial charge >= 0.3 is 0 Å². The van der Waals surface area contributed by atoms with Crippen LogP contribution in [-0.2, 0) is 14.8 Å². The van der Waals surface area contributed by atoms with Crippen LogP contribution in [0.1, 0.15) is 19.8 Å². The lowest BCUT2D eigenvalue weighted by atomic mass is 10.1. The van der Waals surface area contributed by atoms with Crippen LogP contribution in [0.2, 0.25) is 0 Å². The number of anilines is 1. The van der Waals surface area contributed by atoms with Gasteiger partial charge in [0.25, 0.3) is 0 Å². The summed E-state index contributed by atoms with van der Waals surface area (Å²) < 4.78 is 26.6. The number of nitrogens with one attached hydrogen (secondary N) is 2. The molecule has 2 rings (SSSR count). The van der Waals surface area contributed by atoms with Crippen molar-refractivity contribution in [1.82, 2.24) is 9.62 Å². The summed E-state index contributed by atoms with van der Waals surface area (Å²) in [6.45, 7) is 3.09. The summed E-state index contributed by atoms with van der Waals surface area (Å²) in [6.07, 6.45) is 1.64. The molecule has 1 heterocycles. The van der Waals surface area contributed by atoms with Gasteiger partial charge in [-0.1, -0.05) is 0 Å². The Hall–Kier alpha value is -1.44. The minimum atomic E-state index is -3.49. The van der Waals surface area contributed by atoms with Crippen LogP contribution in [0.15, 0.2) is 29.2 Å². The summed E-state index contributed by atoms with van der Waals surface area (Å²) in [5.41, 5.74) is 0.589. The molecule has 1 saturated heterocycles. The summed E-state index contributed by atoms with van der Waals surface area (Å²) in [6, 6.07) is 6.29. The minimum Gasteiger partial charge on any atom is -0.326 e. The molecule has 6 nitrogen and oxygen atoms in total. The van der Waals surface area contributed by atoms with Crippen molar-refractivity contribution in [2.24, 2.45) is 0 Å². The second kappa shape index (κ2) is 6.55. The second-order valence-corrected chi connectivity index (χ2v) is 7.21. The van der Waals surface area contributed by atoms with Crippen molar-refractivity contribution in [2.45, 2.75) is 30.7 Å². The molecular weight excluding hydrogens is 290 g/mol. The highest BCUT2D eigenvalue weighted by molar-refractivity contribution is 7.89. The standard InChI is InChI=1S/C14H21N3O3S/c1-11(18)16-12-3-5-14(6-4-12)21(19,20)17(2)13-7-9-15-10-8-13/h3-6,13,15H,7-10H2,1-2H3,(H,16,18). The first-order valence-corrected chi connectivity index (χ1v) is 8.41. The lowest BCUT2D eigenvalue weighted by Gasteiger charge is -2.30. The van der Waals surface area contributed by atoms with Crippen molar-refractivity contribution < 1.29 is 13.2 Å². The number of hydrogen-bond donors (Lipinski definition) is 2. The fourth-order valence-corrected chi connectivity index (χ4v) is 3.86. The molecule has 2 N–H and O–H groups in total. The molecule has 0 saturated carbocycles. The Morgan fingerprint density at radius 3 is 2.33 bits per heavy atom. The quantitative estimate of drug-likeness (QED) is 0.870. The van der Waals surface area contributed by atoms with E-state index in [9.17, 15) is 13.2 Å². The van der Waals surface area contributed by atoms with Gasteiger partial charge in [0.05, 0.1) is 4.90 Å². The molecule has 0 unspecified atom stereocenters. The summed E-state index contributed by atoms with van der Waals surface area (Å²) >= 11 is 0. The van der Waals surface area contributed by atoms with Gasteiger partial charge in [0.2, 0.25) is 15.9 Å². The van der Waals surface area contributed by atoms with Gasteiger partial charge < -0.3 is 10.6 Å². The van der Waals surface area contributed by atoms with E-state index < -0.39 is 10.0 Å². The highest BCUT2D eigenvalue weighted by Gasteiger charge is 2.28. The van der Waals surface area contributed by atoms with E-state index in [2.05, 4.69) is 10.6 Å². The predicted molar refractivity (Wildman–Crippen MR) is 81.6 cm³/mol. The van der Waals surface area contributed by atoms with Crippen molar-refractivity contribution in [3.8, 4) is 0 Å². The third-order valence-corrected chi connectivity index (χ3v) is 5.60. The largest absolute Gasteiger partial charge is 0.326 e. The van der Waals surface area contributed by atoms with Gasteiger partial charge in [0, 0.05) is 25.7 Å². The maximum Gasteiger partial charge on any atom is 0.243 e. The van der Waals surface area contributed by atoms with Gasteiger partial charge in [0.1, 0.15) is 0 Å². The number of carbonyl (C=O) groups excluding carboxylic acids is 1. The van der Waals surface area contributed by atoms with E-state index in [1.54, 1.807) is 19.2 Å². The average Bonchev–Trinajstić information content (AvgIpc) is 2.47. The fraction of sp³-hybridized carbons (Fsp3) is 0.500. The molecule has 21 heavy (non-hydrogen) atoms. The second-order valence-electron chi connectivity index (χ2n) is 5.21. The van der Waals surface area contributed by atoms with Crippen LogP contribution >= 0.6 is 0 Å². The smallest absolute Gasteiger partial charge is 0.243 e. The van der Waals surface area contributed by atoms with E-state index >= 15 is 0 Å². The average molecular weight is 311 g/mol. The van der Waals surface area contributed by atoms with Gasteiger partial charge in [0.15, 0.2) is 0 Å². The first-order chi connectivity index (χ1) is 9.91. The SMILES string of the molecule is CC(=O)Nc1ccc(S(=O)(=O)N(C)C2CCNCC2)cc1. The summed E-state index contributed by atoms with van der Waals surface area (Å²) in [7, 11) is -1.86. The molecule has 1 aliphatic rings. The van der Waals surface area contributed by atoms with Crippen LogP contribution < -0.4 is 10.6 Å². The Morgan fingerprint density at radius 2 is 1.81 bits per heavy atom. The van der Waals surface area contributed by atoms with Gasteiger partial charge in [-0.2, -0.15) is 4.31 Å². The van der Waals surface area contributed by atoms with Crippen LogP contribution in [-0.4, -0.2) is 44.8 Å². The van der Waals surface area contributed by atoms with Crippen molar-refractivity contribution in [1.29, 1.82) is 0 Å². The summed E-state index contributed by atoms with van der Waals surface area (Å²) in [5.74, 6) is -0.183. The number of piperidine rings is 1. The molecule has 1 aromatic carbocycles. The maximum absolute atomic E-state index is 12.6. The lowest BCUT2D eigenvalue weighted by molar-refractivity contribution is -0.114. The Balaban J connectivity index is 2.16. The van der Waals surface area contributed by atoms with Crippen LogP contribution in [0.25, 0.3) is 0 Å². The molecule has 7 heteroatoms. The molecule has 1 fully saturated rings. The number of rotatable bonds is 4. The third kappa shape index (κ3) is 3.81. The molecule has 116 valence electrons. The number of sulfonamides is 1. The van der Waals surface area contributed by atoms with Crippen LogP contribution in [0.5, 0.6) is 0 Å². The normalized spacial score (nSPS) is 16.9. The van der Waals surface area contributed by atoms with Gasteiger partial charge in [-0.05, 0) is 50.2 Å². The van der Waals surface area contributed by atoms with Crippen LogP contribution in [0.4, 0.5) is 5.69 Å². The Kier molecular flexibility index (Phi) is 4.97. The van der Waals surface area contributed by atoms with E-state index in [4.69, 9.17) is 0 Å². The topological polar surface area (TPSA) is 78.5 Å². The Labute approximate surface area is 125 Å². The van der Waals surface area contributed by atoms with Crippen LogP contribution in [0, 0.1) is 0 Å². The van der Waals surface area contributed by atoms with Gasteiger partial charge in [-0.3, -0.25) is 4.79 Å². The highest BCUT2D eigenvalue weighted by Crippen LogP contribution is 2.22. The van der Waals surface area contributed by atoms with Crippen molar-refractivity contribution in [3.05, 3.63) is 24.3 Å². The summed E-state index contributed by atoms with van der Waals surface area (Å²) in [5, 5.41) is 5.85. The molecule has 0 radical (unpaired) electrons. The molecule has 0 spiro atoms. The van der Waals surface area contributed by atoms with E-state index in [0.29, 0.717) is 5.69 Å². The maximum atomic E-state index is 12.6. The van der Waals surface area contributed by atoms with E-state index in [1.807, 2.05) is 0 Å². The highest BCUT2D eigenvalue weighted by atomic mass is 32.2. The van der Waals surface area contributed by atoms with Crippen LogP contribution in [0.3, 0.4) is 0 Å². The number of nitrogens with zero attached hydrogens (tertiary/aromatic N) is 1. The molecule has 1 aliphatic heterocycles. The van der Waals surface area contributed by atoms with Gasteiger partial charge in [-0.15, -0.1) is 0 Å².